The number of hydrogen-bond donors (Lipinski definition) is 0. The van der Waals surface area contributed by atoms with Gasteiger partial charge in [-0.1, -0.05) is 12.1 Å². The molecule has 2 heterocycles. The molecule has 2 aromatic heterocycles. The highest BCUT2D eigenvalue weighted by molar-refractivity contribution is 6.07. The van der Waals surface area contributed by atoms with Crippen molar-refractivity contribution in [2.45, 2.75) is 13.8 Å². The number of benzene rings is 1. The molecule has 0 fully saturated rings. The van der Waals surface area contributed by atoms with Gasteiger partial charge in [-0.15, -0.1) is 0 Å². The molecule has 0 radical (unpaired) electrons. The van der Waals surface area contributed by atoms with Crippen LogP contribution >= 0.6 is 0 Å². The largest absolute Gasteiger partial charge is 0.489 e. The summed E-state index contributed by atoms with van der Waals surface area (Å²) in [4.78, 5) is 16.4. The van der Waals surface area contributed by atoms with E-state index in [9.17, 15) is 4.79 Å². The molecule has 108 valence electrons. The maximum atomic E-state index is 12.0. The molecule has 3 aromatic rings. The lowest BCUT2D eigenvalue weighted by Gasteiger charge is -2.09. The number of fused-ring (bicyclic) bond motifs is 3. The fourth-order valence-electron chi connectivity index (χ4n) is 2.27. The second-order valence-corrected chi connectivity index (χ2v) is 4.43. The third-order valence-electron chi connectivity index (χ3n) is 3.13. The van der Waals surface area contributed by atoms with Gasteiger partial charge >= 0.3 is 5.97 Å². The van der Waals surface area contributed by atoms with E-state index in [1.807, 2.05) is 31.2 Å². The van der Waals surface area contributed by atoms with E-state index in [1.54, 1.807) is 6.92 Å². The molecule has 0 bridgehead atoms. The molecule has 0 spiro atoms. The number of aromatic nitrogens is 1. The Balaban J connectivity index is 2.28. The number of carbonyl (C=O) groups is 1. The molecule has 3 rings (SSSR count). The molecule has 0 aliphatic heterocycles. The molecular weight excluding hydrogens is 270 g/mol. The third-order valence-corrected chi connectivity index (χ3v) is 3.13. The Morgan fingerprint density at radius 1 is 1.24 bits per heavy atom. The molecule has 0 aliphatic rings. The van der Waals surface area contributed by atoms with Crippen molar-refractivity contribution in [2.24, 2.45) is 0 Å². The van der Waals surface area contributed by atoms with E-state index in [0.29, 0.717) is 35.6 Å². The molecule has 0 N–H and O–H groups in total. The topological polar surface area (TPSA) is 61.6 Å². The summed E-state index contributed by atoms with van der Waals surface area (Å²) >= 11 is 0. The number of furan rings is 1. The Morgan fingerprint density at radius 3 is 2.81 bits per heavy atom. The first-order chi connectivity index (χ1) is 10.3. The molecule has 21 heavy (non-hydrogen) atoms. The third kappa shape index (κ3) is 2.20. The highest BCUT2D eigenvalue weighted by atomic mass is 16.5. The van der Waals surface area contributed by atoms with Crippen LogP contribution in [0.5, 0.6) is 5.75 Å². The van der Waals surface area contributed by atoms with Gasteiger partial charge < -0.3 is 13.9 Å². The van der Waals surface area contributed by atoms with Crippen LogP contribution in [0.3, 0.4) is 0 Å². The van der Waals surface area contributed by atoms with Gasteiger partial charge in [-0.25, -0.2) is 4.79 Å². The number of ether oxygens (including phenoxy) is 2. The number of rotatable bonds is 4. The van der Waals surface area contributed by atoms with E-state index < -0.39 is 5.97 Å². The Bertz CT molecular complexity index is 806. The lowest BCUT2D eigenvalue weighted by Crippen LogP contribution is -2.08. The average Bonchev–Trinajstić information content (AvgIpc) is 2.87. The van der Waals surface area contributed by atoms with Gasteiger partial charge in [-0.2, -0.15) is 0 Å². The van der Waals surface area contributed by atoms with E-state index in [1.165, 1.54) is 6.20 Å². The first-order valence-electron chi connectivity index (χ1n) is 6.86. The molecule has 0 atom stereocenters. The molecule has 0 saturated carbocycles. The van der Waals surface area contributed by atoms with Crippen LogP contribution in [-0.2, 0) is 4.74 Å². The summed E-state index contributed by atoms with van der Waals surface area (Å²) in [5, 5.41) is 0.892. The zero-order chi connectivity index (χ0) is 14.8. The van der Waals surface area contributed by atoms with Crippen molar-refractivity contribution in [3.8, 4) is 5.75 Å². The highest BCUT2D eigenvalue weighted by Gasteiger charge is 2.21. The minimum Gasteiger partial charge on any atom is -0.489 e. The van der Waals surface area contributed by atoms with Gasteiger partial charge in [0.1, 0.15) is 16.7 Å². The van der Waals surface area contributed by atoms with Crippen molar-refractivity contribution in [2.75, 3.05) is 13.2 Å². The van der Waals surface area contributed by atoms with Crippen molar-refractivity contribution in [1.29, 1.82) is 0 Å². The van der Waals surface area contributed by atoms with Gasteiger partial charge in [0.05, 0.1) is 13.2 Å². The van der Waals surface area contributed by atoms with Crippen LogP contribution in [0, 0.1) is 0 Å². The van der Waals surface area contributed by atoms with Crippen molar-refractivity contribution in [1.82, 2.24) is 4.98 Å². The monoisotopic (exact) mass is 285 g/mol. The van der Waals surface area contributed by atoms with Crippen LogP contribution in [0.2, 0.25) is 0 Å². The number of hydrogen-bond acceptors (Lipinski definition) is 5. The fraction of sp³-hybridized carbons (Fsp3) is 0.250. The van der Waals surface area contributed by atoms with E-state index in [2.05, 4.69) is 4.98 Å². The van der Waals surface area contributed by atoms with E-state index in [4.69, 9.17) is 13.9 Å². The zero-order valence-electron chi connectivity index (χ0n) is 11.9. The highest BCUT2D eigenvalue weighted by Crippen LogP contribution is 2.35. The summed E-state index contributed by atoms with van der Waals surface area (Å²) < 4.78 is 16.5. The Labute approximate surface area is 121 Å². The molecule has 0 aliphatic carbocycles. The SMILES string of the molecule is CCOC(=O)c1cnc2c(oc3ccccc32)c1OCC. The molecule has 0 amide bonds. The van der Waals surface area contributed by atoms with Gasteiger partial charge in [0.15, 0.2) is 11.3 Å². The molecule has 0 saturated heterocycles. The van der Waals surface area contributed by atoms with Crippen LogP contribution in [0.25, 0.3) is 22.1 Å². The van der Waals surface area contributed by atoms with Crippen LogP contribution in [-0.4, -0.2) is 24.2 Å². The number of nitrogens with zero attached hydrogens (tertiary/aromatic N) is 1. The Morgan fingerprint density at radius 2 is 2.05 bits per heavy atom. The van der Waals surface area contributed by atoms with Gasteiger partial charge in [0.25, 0.3) is 0 Å². The lowest BCUT2D eigenvalue weighted by atomic mass is 10.2. The fourth-order valence-corrected chi connectivity index (χ4v) is 2.27. The summed E-state index contributed by atoms with van der Waals surface area (Å²) in [6.45, 7) is 4.32. The number of carbonyl (C=O) groups excluding carboxylic acids is 1. The number of para-hydroxylation sites is 1. The van der Waals surface area contributed by atoms with Gasteiger partial charge in [-0.05, 0) is 26.0 Å². The number of esters is 1. The van der Waals surface area contributed by atoms with Crippen molar-refractivity contribution in [3.63, 3.8) is 0 Å². The summed E-state index contributed by atoms with van der Waals surface area (Å²) in [6, 6.07) is 7.58. The first kappa shape index (κ1) is 13.4. The van der Waals surface area contributed by atoms with Crippen molar-refractivity contribution >= 4 is 28.0 Å². The van der Waals surface area contributed by atoms with E-state index >= 15 is 0 Å². The summed E-state index contributed by atoms with van der Waals surface area (Å²) in [5.74, 6) is -0.0760. The van der Waals surface area contributed by atoms with E-state index in [-0.39, 0.29) is 5.56 Å². The van der Waals surface area contributed by atoms with Crippen molar-refractivity contribution < 1.29 is 18.7 Å². The molecule has 5 heteroatoms. The second-order valence-electron chi connectivity index (χ2n) is 4.43. The molecule has 5 nitrogen and oxygen atoms in total. The quantitative estimate of drug-likeness (QED) is 0.686. The Kier molecular flexibility index (Phi) is 3.48. The molecular formula is C16H15NO4. The predicted molar refractivity (Wildman–Crippen MR) is 78.6 cm³/mol. The number of pyridine rings is 1. The van der Waals surface area contributed by atoms with Crippen LogP contribution in [0.1, 0.15) is 24.2 Å². The standard InChI is InChI=1S/C16H15NO4/c1-3-19-14-11(16(18)20-4-2)9-17-13-10-7-5-6-8-12(10)21-15(13)14/h5-9H,3-4H2,1-2H3. The first-order valence-corrected chi connectivity index (χ1v) is 6.86. The predicted octanol–water partition coefficient (Wildman–Crippen LogP) is 3.56. The van der Waals surface area contributed by atoms with Gasteiger partial charge in [0.2, 0.25) is 0 Å². The van der Waals surface area contributed by atoms with Crippen LogP contribution in [0.15, 0.2) is 34.9 Å². The molecule has 1 aromatic carbocycles. The van der Waals surface area contributed by atoms with Crippen LogP contribution < -0.4 is 4.74 Å². The van der Waals surface area contributed by atoms with Gasteiger partial charge in [0, 0.05) is 11.6 Å². The van der Waals surface area contributed by atoms with E-state index in [0.717, 1.165) is 5.39 Å². The summed E-state index contributed by atoms with van der Waals surface area (Å²) in [6.07, 6.45) is 1.48. The molecule has 0 unspecified atom stereocenters. The second kappa shape index (κ2) is 5.44. The Hall–Kier alpha value is -2.56. The normalized spacial score (nSPS) is 11.0. The zero-order valence-corrected chi connectivity index (χ0v) is 11.9. The summed E-state index contributed by atoms with van der Waals surface area (Å²) in [5.41, 5.74) is 2.15. The minimum atomic E-state index is -0.462. The van der Waals surface area contributed by atoms with Crippen molar-refractivity contribution in [3.05, 3.63) is 36.0 Å². The maximum absolute atomic E-state index is 12.0. The smallest absolute Gasteiger partial charge is 0.343 e. The lowest BCUT2D eigenvalue weighted by molar-refractivity contribution is 0.0521. The maximum Gasteiger partial charge on any atom is 0.343 e. The summed E-state index contributed by atoms with van der Waals surface area (Å²) in [7, 11) is 0. The van der Waals surface area contributed by atoms with Gasteiger partial charge in [-0.3, -0.25) is 4.98 Å². The average molecular weight is 285 g/mol. The minimum absolute atomic E-state index is 0.283. The van der Waals surface area contributed by atoms with Crippen LogP contribution in [0.4, 0.5) is 0 Å².